The fourth-order valence-corrected chi connectivity index (χ4v) is 7.04. The van der Waals surface area contributed by atoms with Gasteiger partial charge in [-0.1, -0.05) is 65.4 Å². The number of hydrogen-bond donors (Lipinski definition) is 1. The lowest BCUT2D eigenvalue weighted by Crippen LogP contribution is -2.33. The van der Waals surface area contributed by atoms with E-state index in [1.165, 1.54) is 11.3 Å². The van der Waals surface area contributed by atoms with Crippen LogP contribution in [0.15, 0.2) is 88.7 Å². The summed E-state index contributed by atoms with van der Waals surface area (Å²) in [5, 5.41) is 3.99. The van der Waals surface area contributed by atoms with E-state index >= 15 is 0 Å². The van der Waals surface area contributed by atoms with Gasteiger partial charge in [0, 0.05) is 27.8 Å². The average molecular weight is 489 g/mol. The molecule has 0 bridgehead atoms. The minimum atomic E-state index is -0.364. The van der Waals surface area contributed by atoms with Crippen molar-refractivity contribution in [2.45, 2.75) is 17.9 Å². The number of aromatic nitrogens is 1. The van der Waals surface area contributed by atoms with Crippen LogP contribution in [0.1, 0.15) is 21.9 Å². The molecule has 172 valence electrons. The van der Waals surface area contributed by atoms with Crippen molar-refractivity contribution in [1.29, 1.82) is 0 Å². The zero-order valence-corrected chi connectivity index (χ0v) is 20.5. The Morgan fingerprint density at radius 2 is 1.71 bits per heavy atom. The zero-order valence-electron chi connectivity index (χ0n) is 18.9. The van der Waals surface area contributed by atoms with Gasteiger partial charge >= 0.3 is 4.87 Å². The summed E-state index contributed by atoms with van der Waals surface area (Å²) in [6.07, 6.45) is 0. The Morgan fingerprint density at radius 3 is 2.44 bits per heavy atom. The molecule has 0 spiro atoms. The molecule has 1 aliphatic heterocycles. The Morgan fingerprint density at radius 1 is 1.00 bits per heavy atom. The summed E-state index contributed by atoms with van der Waals surface area (Å²) in [6, 6.07) is 25.2. The van der Waals surface area contributed by atoms with Crippen LogP contribution in [0.2, 0.25) is 0 Å². The fourth-order valence-electron chi connectivity index (χ4n) is 4.34. The molecule has 34 heavy (non-hydrogen) atoms. The monoisotopic (exact) mass is 488 g/mol. The van der Waals surface area contributed by atoms with Gasteiger partial charge in [0.05, 0.1) is 23.7 Å². The van der Waals surface area contributed by atoms with E-state index in [0.717, 1.165) is 32.4 Å². The van der Waals surface area contributed by atoms with Crippen molar-refractivity contribution in [1.82, 2.24) is 4.57 Å². The van der Waals surface area contributed by atoms with Crippen LogP contribution in [0.4, 0.5) is 5.69 Å². The summed E-state index contributed by atoms with van der Waals surface area (Å²) in [4.78, 5) is 27.6. The molecule has 1 aromatic heterocycles. The van der Waals surface area contributed by atoms with E-state index in [1.807, 2.05) is 85.8 Å². The first kappa shape index (κ1) is 22.5. The van der Waals surface area contributed by atoms with Crippen molar-refractivity contribution < 1.29 is 9.53 Å². The van der Waals surface area contributed by atoms with Gasteiger partial charge in [-0.25, -0.2) is 0 Å². The van der Waals surface area contributed by atoms with Crippen LogP contribution in [-0.4, -0.2) is 23.3 Å². The topological polar surface area (TPSA) is 60.3 Å². The van der Waals surface area contributed by atoms with Crippen LogP contribution in [0, 0.1) is 12.8 Å². The second-order valence-electron chi connectivity index (χ2n) is 8.20. The number of thiazole rings is 1. The van der Waals surface area contributed by atoms with Crippen LogP contribution < -0.4 is 14.9 Å². The number of benzene rings is 3. The molecule has 1 amide bonds. The Kier molecular flexibility index (Phi) is 6.30. The molecule has 0 aliphatic carbocycles. The van der Waals surface area contributed by atoms with Crippen molar-refractivity contribution in [2.75, 3.05) is 18.2 Å². The molecule has 2 heterocycles. The van der Waals surface area contributed by atoms with Crippen LogP contribution in [0.5, 0.6) is 5.75 Å². The number of carbonyl (C=O) groups excluding carboxylic acids is 1. The minimum absolute atomic E-state index is 0.0526. The first-order valence-electron chi connectivity index (χ1n) is 11.0. The number of anilines is 1. The van der Waals surface area contributed by atoms with E-state index in [-0.39, 0.29) is 22.6 Å². The molecule has 3 aromatic carbocycles. The number of para-hydroxylation sites is 2. The largest absolute Gasteiger partial charge is 0.496 e. The Labute approximate surface area is 206 Å². The maximum absolute atomic E-state index is 13.6. The van der Waals surface area contributed by atoms with Gasteiger partial charge in [0.15, 0.2) is 0 Å². The number of rotatable bonds is 5. The molecule has 2 atom stereocenters. The Balaban J connectivity index is 1.61. The molecular weight excluding hydrogens is 464 g/mol. The number of ether oxygens (including phenoxy) is 1. The van der Waals surface area contributed by atoms with Gasteiger partial charge < -0.3 is 10.1 Å². The van der Waals surface area contributed by atoms with Crippen molar-refractivity contribution in [3.05, 3.63) is 105 Å². The number of nitrogens with one attached hydrogen (secondary N) is 1. The molecule has 0 fully saturated rings. The molecule has 0 radical (unpaired) electrons. The molecule has 0 saturated carbocycles. The third-order valence-corrected chi connectivity index (χ3v) is 8.38. The van der Waals surface area contributed by atoms with Crippen LogP contribution in [0.25, 0.3) is 5.69 Å². The lowest BCUT2D eigenvalue weighted by atomic mass is 9.84. The minimum Gasteiger partial charge on any atom is -0.496 e. The summed E-state index contributed by atoms with van der Waals surface area (Å²) in [5.41, 5.74) is 3.64. The SMILES string of the molecule is COc1ccccc1[C@@H]1c2sc(=O)n(-c3ccccc3)c2SC[C@H]1C(=O)Nc1ccc(C)cc1. The van der Waals surface area contributed by atoms with E-state index in [1.54, 1.807) is 23.4 Å². The lowest BCUT2D eigenvalue weighted by Gasteiger charge is -2.31. The molecule has 1 aliphatic rings. The number of amides is 1. The third-order valence-electron chi connectivity index (χ3n) is 6.02. The highest BCUT2D eigenvalue weighted by molar-refractivity contribution is 7.99. The average Bonchev–Trinajstić information content (AvgIpc) is 3.21. The van der Waals surface area contributed by atoms with Crippen LogP contribution in [0.3, 0.4) is 0 Å². The van der Waals surface area contributed by atoms with Gasteiger partial charge in [-0.15, -0.1) is 11.8 Å². The summed E-state index contributed by atoms with van der Waals surface area (Å²) >= 11 is 2.78. The molecule has 7 heteroatoms. The number of nitrogens with zero attached hydrogens (tertiary/aromatic N) is 1. The lowest BCUT2D eigenvalue weighted by molar-refractivity contribution is -0.119. The van der Waals surface area contributed by atoms with Gasteiger partial charge in [-0.2, -0.15) is 0 Å². The van der Waals surface area contributed by atoms with Gasteiger partial charge in [0.2, 0.25) is 5.91 Å². The number of fused-ring (bicyclic) bond motifs is 1. The number of carbonyl (C=O) groups is 1. The number of methoxy groups -OCH3 is 1. The standard InChI is InChI=1S/C27H24N2O3S2/c1-17-12-14-18(15-13-17)28-25(30)21-16-33-26-24(23(21)20-10-6-7-11-22(20)32-2)34-27(31)29(26)19-8-4-3-5-9-19/h3-15,21,23H,16H2,1-2H3,(H,28,30)/t21-,23+/m1/s1. The smallest absolute Gasteiger partial charge is 0.312 e. The summed E-state index contributed by atoms with van der Waals surface area (Å²) in [5.74, 6) is 0.546. The van der Waals surface area contributed by atoms with Gasteiger partial charge in [-0.3, -0.25) is 14.2 Å². The van der Waals surface area contributed by atoms with Gasteiger partial charge in [0.1, 0.15) is 5.75 Å². The Bertz CT molecular complexity index is 1380. The second kappa shape index (κ2) is 9.52. The zero-order chi connectivity index (χ0) is 23.7. The number of aryl methyl sites for hydroxylation is 1. The van der Waals surface area contributed by atoms with Gasteiger partial charge in [0.25, 0.3) is 0 Å². The molecule has 4 aromatic rings. The fraction of sp³-hybridized carbons (Fsp3) is 0.185. The highest BCUT2D eigenvalue weighted by atomic mass is 32.2. The highest BCUT2D eigenvalue weighted by Crippen LogP contribution is 2.49. The molecule has 0 saturated heterocycles. The Hall–Kier alpha value is -3.29. The van der Waals surface area contributed by atoms with E-state index in [2.05, 4.69) is 5.32 Å². The predicted molar refractivity (Wildman–Crippen MR) is 139 cm³/mol. The second-order valence-corrected chi connectivity index (χ2v) is 10.2. The molecular formula is C27H24N2O3S2. The van der Waals surface area contributed by atoms with Crippen molar-refractivity contribution in [3.63, 3.8) is 0 Å². The van der Waals surface area contributed by atoms with E-state index < -0.39 is 0 Å². The summed E-state index contributed by atoms with van der Waals surface area (Å²) in [7, 11) is 1.64. The van der Waals surface area contributed by atoms with Gasteiger partial charge in [-0.05, 0) is 37.3 Å². The third kappa shape index (κ3) is 4.17. The van der Waals surface area contributed by atoms with Crippen molar-refractivity contribution in [3.8, 4) is 11.4 Å². The van der Waals surface area contributed by atoms with E-state index in [0.29, 0.717) is 11.5 Å². The van der Waals surface area contributed by atoms with E-state index in [4.69, 9.17) is 4.74 Å². The quantitative estimate of drug-likeness (QED) is 0.391. The normalized spacial score (nSPS) is 17.1. The van der Waals surface area contributed by atoms with Crippen molar-refractivity contribution >= 4 is 34.7 Å². The highest BCUT2D eigenvalue weighted by Gasteiger charge is 2.40. The molecule has 1 N–H and O–H groups in total. The van der Waals surface area contributed by atoms with E-state index in [9.17, 15) is 9.59 Å². The maximum Gasteiger partial charge on any atom is 0.312 e. The molecule has 0 unspecified atom stereocenters. The first-order valence-corrected chi connectivity index (χ1v) is 12.8. The molecule has 5 nitrogen and oxygen atoms in total. The number of thioether (sulfide) groups is 1. The molecule has 5 rings (SSSR count). The van der Waals surface area contributed by atoms with Crippen molar-refractivity contribution in [2.24, 2.45) is 5.92 Å². The first-order chi connectivity index (χ1) is 16.6. The number of hydrogen-bond acceptors (Lipinski definition) is 5. The maximum atomic E-state index is 13.6. The summed E-state index contributed by atoms with van der Waals surface area (Å²) in [6.45, 7) is 2.02. The summed E-state index contributed by atoms with van der Waals surface area (Å²) < 4.78 is 7.44. The predicted octanol–water partition coefficient (Wildman–Crippen LogP) is 5.71. The van der Waals surface area contributed by atoms with Crippen LogP contribution >= 0.6 is 23.1 Å². The van der Waals surface area contributed by atoms with Crippen LogP contribution in [-0.2, 0) is 4.79 Å².